The highest BCUT2D eigenvalue weighted by Crippen LogP contribution is 2.34. The Bertz CT molecular complexity index is 395. The van der Waals surface area contributed by atoms with Crippen molar-refractivity contribution in [3.8, 4) is 5.75 Å². The fourth-order valence-corrected chi connectivity index (χ4v) is 1.63. The van der Waals surface area contributed by atoms with Gasteiger partial charge in [0.2, 0.25) is 0 Å². The lowest BCUT2D eigenvalue weighted by atomic mass is 10.0. The molecule has 1 fully saturated rings. The van der Waals surface area contributed by atoms with Gasteiger partial charge in [-0.05, 0) is 43.5 Å². The molecule has 0 saturated heterocycles. The van der Waals surface area contributed by atoms with Gasteiger partial charge in [-0.2, -0.15) is 0 Å². The fraction of sp³-hybridized carbons (Fsp3) is 0.417. The van der Waals surface area contributed by atoms with Crippen molar-refractivity contribution in [3.63, 3.8) is 0 Å². The highest BCUT2D eigenvalue weighted by molar-refractivity contribution is 6.03. The number of aryl methyl sites for hydroxylation is 1. The first-order valence-corrected chi connectivity index (χ1v) is 5.13. The first-order valence-electron chi connectivity index (χ1n) is 5.13. The van der Waals surface area contributed by atoms with E-state index in [0.29, 0.717) is 11.7 Å². The van der Waals surface area contributed by atoms with Gasteiger partial charge in [0.15, 0.2) is 0 Å². The van der Waals surface area contributed by atoms with Gasteiger partial charge in [0, 0.05) is 11.5 Å². The second kappa shape index (κ2) is 3.93. The Hall–Kier alpha value is -1.51. The SMILES string of the molecule is CO/N=C(/c1ccc(O)c(C)c1)C1CC1. The minimum atomic E-state index is 0.325. The Morgan fingerprint density at radius 1 is 1.47 bits per heavy atom. The zero-order valence-electron chi connectivity index (χ0n) is 9.03. The molecule has 1 aromatic rings. The molecule has 0 unspecified atom stereocenters. The minimum absolute atomic E-state index is 0.325. The van der Waals surface area contributed by atoms with Crippen molar-refractivity contribution >= 4 is 5.71 Å². The van der Waals surface area contributed by atoms with Gasteiger partial charge >= 0.3 is 0 Å². The van der Waals surface area contributed by atoms with Crippen molar-refractivity contribution in [2.24, 2.45) is 11.1 Å². The molecule has 3 heteroatoms. The molecule has 1 saturated carbocycles. The molecule has 0 spiro atoms. The summed E-state index contributed by atoms with van der Waals surface area (Å²) in [6.45, 7) is 1.89. The van der Waals surface area contributed by atoms with E-state index in [9.17, 15) is 5.11 Å². The van der Waals surface area contributed by atoms with E-state index in [2.05, 4.69) is 5.16 Å². The van der Waals surface area contributed by atoms with E-state index in [1.54, 1.807) is 13.2 Å². The van der Waals surface area contributed by atoms with Crippen LogP contribution in [0.1, 0.15) is 24.0 Å². The number of hydrogen-bond donors (Lipinski definition) is 1. The lowest BCUT2D eigenvalue weighted by molar-refractivity contribution is 0.212. The molecule has 15 heavy (non-hydrogen) atoms. The lowest BCUT2D eigenvalue weighted by Gasteiger charge is -2.06. The zero-order chi connectivity index (χ0) is 10.8. The molecule has 0 heterocycles. The molecule has 1 N–H and O–H groups in total. The quantitative estimate of drug-likeness (QED) is 0.608. The molecular weight excluding hydrogens is 190 g/mol. The summed E-state index contributed by atoms with van der Waals surface area (Å²) in [5.41, 5.74) is 2.92. The van der Waals surface area contributed by atoms with E-state index in [1.165, 1.54) is 12.8 Å². The Morgan fingerprint density at radius 3 is 2.73 bits per heavy atom. The second-order valence-corrected chi connectivity index (χ2v) is 3.93. The molecule has 0 bridgehead atoms. The van der Waals surface area contributed by atoms with Crippen LogP contribution in [0.5, 0.6) is 5.75 Å². The van der Waals surface area contributed by atoms with E-state index in [1.807, 2.05) is 19.1 Å². The average molecular weight is 205 g/mol. The number of benzene rings is 1. The van der Waals surface area contributed by atoms with Crippen LogP contribution >= 0.6 is 0 Å². The molecular formula is C12H15NO2. The van der Waals surface area contributed by atoms with Crippen LogP contribution in [-0.4, -0.2) is 17.9 Å². The molecule has 0 amide bonds. The standard InChI is InChI=1S/C12H15NO2/c1-8-7-10(5-6-11(8)14)12(13-15-2)9-3-4-9/h5-7,9,14H,3-4H2,1-2H3/b13-12+. The topological polar surface area (TPSA) is 41.8 Å². The monoisotopic (exact) mass is 205 g/mol. The maximum absolute atomic E-state index is 9.44. The maximum atomic E-state index is 9.44. The number of phenols is 1. The second-order valence-electron chi connectivity index (χ2n) is 3.93. The molecule has 0 aromatic heterocycles. The predicted molar refractivity (Wildman–Crippen MR) is 59.1 cm³/mol. The van der Waals surface area contributed by atoms with E-state index < -0.39 is 0 Å². The number of hydrogen-bond acceptors (Lipinski definition) is 3. The minimum Gasteiger partial charge on any atom is -0.508 e. The van der Waals surface area contributed by atoms with Gasteiger partial charge < -0.3 is 9.94 Å². The fourth-order valence-electron chi connectivity index (χ4n) is 1.63. The molecule has 3 nitrogen and oxygen atoms in total. The van der Waals surface area contributed by atoms with Gasteiger partial charge in [-0.25, -0.2) is 0 Å². The number of rotatable bonds is 3. The summed E-state index contributed by atoms with van der Waals surface area (Å²) < 4.78 is 0. The maximum Gasteiger partial charge on any atom is 0.118 e. The Balaban J connectivity index is 2.33. The van der Waals surface area contributed by atoms with Crippen LogP contribution in [0.4, 0.5) is 0 Å². The average Bonchev–Trinajstić information content (AvgIpc) is 3.02. The first kappa shape index (κ1) is 10.0. The molecule has 1 aliphatic carbocycles. The van der Waals surface area contributed by atoms with Crippen LogP contribution < -0.4 is 0 Å². The van der Waals surface area contributed by atoms with Crippen LogP contribution in [0.3, 0.4) is 0 Å². The van der Waals surface area contributed by atoms with Crippen LogP contribution in [-0.2, 0) is 4.84 Å². The third kappa shape index (κ3) is 2.12. The number of aromatic hydroxyl groups is 1. The van der Waals surface area contributed by atoms with Gasteiger partial charge in [0.1, 0.15) is 12.9 Å². The van der Waals surface area contributed by atoms with Crippen LogP contribution in [0.15, 0.2) is 23.4 Å². The smallest absolute Gasteiger partial charge is 0.118 e. The van der Waals surface area contributed by atoms with E-state index in [0.717, 1.165) is 16.8 Å². The highest BCUT2D eigenvalue weighted by atomic mass is 16.6. The number of phenolic OH excluding ortho intramolecular Hbond substituents is 1. The van der Waals surface area contributed by atoms with Crippen molar-refractivity contribution in [2.75, 3.05) is 7.11 Å². The Labute approximate surface area is 89.4 Å². The molecule has 0 radical (unpaired) electrons. The van der Waals surface area contributed by atoms with Crippen LogP contribution in [0.2, 0.25) is 0 Å². The Morgan fingerprint density at radius 2 is 2.20 bits per heavy atom. The third-order valence-electron chi connectivity index (χ3n) is 2.65. The number of oxime groups is 1. The van der Waals surface area contributed by atoms with Crippen molar-refractivity contribution in [1.29, 1.82) is 0 Å². The van der Waals surface area contributed by atoms with Gasteiger partial charge in [-0.3, -0.25) is 0 Å². The van der Waals surface area contributed by atoms with Crippen molar-refractivity contribution < 1.29 is 9.94 Å². The van der Waals surface area contributed by atoms with Crippen molar-refractivity contribution in [2.45, 2.75) is 19.8 Å². The molecule has 1 aliphatic rings. The number of nitrogens with zero attached hydrogens (tertiary/aromatic N) is 1. The summed E-state index contributed by atoms with van der Waals surface area (Å²) in [5, 5.41) is 13.5. The first-order chi connectivity index (χ1) is 7.22. The molecule has 0 aliphatic heterocycles. The summed E-state index contributed by atoms with van der Waals surface area (Å²) >= 11 is 0. The van der Waals surface area contributed by atoms with Crippen LogP contribution in [0.25, 0.3) is 0 Å². The van der Waals surface area contributed by atoms with E-state index >= 15 is 0 Å². The van der Waals surface area contributed by atoms with Crippen molar-refractivity contribution in [3.05, 3.63) is 29.3 Å². The van der Waals surface area contributed by atoms with Gasteiger partial charge in [-0.15, -0.1) is 0 Å². The van der Waals surface area contributed by atoms with E-state index in [-0.39, 0.29) is 0 Å². The largest absolute Gasteiger partial charge is 0.508 e. The highest BCUT2D eigenvalue weighted by Gasteiger charge is 2.29. The predicted octanol–water partition coefficient (Wildman–Crippen LogP) is 2.46. The molecule has 0 atom stereocenters. The van der Waals surface area contributed by atoms with E-state index in [4.69, 9.17) is 4.84 Å². The zero-order valence-corrected chi connectivity index (χ0v) is 9.03. The van der Waals surface area contributed by atoms with Gasteiger partial charge in [-0.1, -0.05) is 5.16 Å². The molecule has 80 valence electrons. The lowest BCUT2D eigenvalue weighted by Crippen LogP contribution is -2.04. The summed E-state index contributed by atoms with van der Waals surface area (Å²) in [4.78, 5) is 4.86. The summed E-state index contributed by atoms with van der Waals surface area (Å²) in [5.74, 6) is 0.861. The summed E-state index contributed by atoms with van der Waals surface area (Å²) in [7, 11) is 1.57. The normalized spacial score (nSPS) is 16.5. The van der Waals surface area contributed by atoms with Gasteiger partial charge in [0.25, 0.3) is 0 Å². The Kier molecular flexibility index (Phi) is 2.62. The summed E-state index contributed by atoms with van der Waals surface area (Å²) in [6, 6.07) is 5.54. The summed E-state index contributed by atoms with van der Waals surface area (Å²) in [6.07, 6.45) is 2.37. The van der Waals surface area contributed by atoms with Crippen LogP contribution in [0, 0.1) is 12.8 Å². The molecule has 2 rings (SSSR count). The van der Waals surface area contributed by atoms with Gasteiger partial charge in [0.05, 0.1) is 5.71 Å². The molecule has 1 aromatic carbocycles. The third-order valence-corrected chi connectivity index (χ3v) is 2.65. The van der Waals surface area contributed by atoms with Crippen molar-refractivity contribution in [1.82, 2.24) is 0 Å².